The molecular formula is C16H14ClN3O6S. The number of amides is 2. The molecule has 0 aromatic heterocycles. The van der Waals surface area contributed by atoms with Gasteiger partial charge in [0.25, 0.3) is 11.6 Å². The summed E-state index contributed by atoms with van der Waals surface area (Å²) in [7, 11) is 0. The van der Waals surface area contributed by atoms with E-state index < -0.39 is 28.2 Å². The summed E-state index contributed by atoms with van der Waals surface area (Å²) in [6.45, 7) is 1.19. The van der Waals surface area contributed by atoms with Crippen LogP contribution in [0.3, 0.4) is 0 Å². The molecule has 1 aromatic rings. The molecule has 0 radical (unpaired) electrons. The van der Waals surface area contributed by atoms with Gasteiger partial charge in [-0.25, -0.2) is 4.79 Å². The molecule has 27 heavy (non-hydrogen) atoms. The number of β-lactam (4-membered cyclic amide) rings is 1. The Hall–Kier alpha value is -2.59. The lowest BCUT2D eigenvalue weighted by Gasteiger charge is -2.48. The summed E-state index contributed by atoms with van der Waals surface area (Å²) in [4.78, 5) is 47.3. The molecule has 9 nitrogen and oxygen atoms in total. The van der Waals surface area contributed by atoms with Crippen LogP contribution in [-0.4, -0.2) is 44.8 Å². The zero-order valence-corrected chi connectivity index (χ0v) is 15.6. The first-order valence-electron chi connectivity index (χ1n) is 7.80. The second-order valence-electron chi connectivity index (χ2n) is 5.84. The van der Waals surface area contributed by atoms with E-state index in [1.807, 2.05) is 0 Å². The van der Waals surface area contributed by atoms with E-state index in [0.29, 0.717) is 11.3 Å². The van der Waals surface area contributed by atoms with Crippen molar-refractivity contribution in [1.29, 1.82) is 0 Å². The van der Waals surface area contributed by atoms with Crippen LogP contribution in [0.4, 0.5) is 5.69 Å². The van der Waals surface area contributed by atoms with Crippen LogP contribution in [-0.2, 0) is 25.7 Å². The first-order chi connectivity index (χ1) is 12.8. The lowest BCUT2D eigenvalue weighted by atomic mass is 10.1. The predicted molar refractivity (Wildman–Crippen MR) is 96.5 cm³/mol. The molecule has 11 heteroatoms. The molecule has 1 N–H and O–H groups in total. The number of nitrogens with one attached hydrogen (secondary N) is 1. The number of halogens is 1. The summed E-state index contributed by atoms with van der Waals surface area (Å²) in [6.07, 6.45) is 0. The second-order valence-corrected chi connectivity index (χ2v) is 7.40. The van der Waals surface area contributed by atoms with E-state index in [4.69, 9.17) is 16.3 Å². The summed E-state index contributed by atoms with van der Waals surface area (Å²) in [5.74, 6) is -1.22. The normalized spacial score (nSPS) is 21.3. The van der Waals surface area contributed by atoms with Gasteiger partial charge in [-0.3, -0.25) is 24.6 Å². The van der Waals surface area contributed by atoms with E-state index in [0.717, 1.165) is 0 Å². The monoisotopic (exact) mass is 411 g/mol. The lowest BCUT2D eigenvalue weighted by Crippen LogP contribution is -2.70. The minimum atomic E-state index is -0.765. The third-order valence-electron chi connectivity index (χ3n) is 3.99. The van der Waals surface area contributed by atoms with Crippen LogP contribution in [0.25, 0.3) is 0 Å². The van der Waals surface area contributed by atoms with E-state index >= 15 is 0 Å². The number of carbonyl (C=O) groups is 3. The Morgan fingerprint density at radius 1 is 1.41 bits per heavy atom. The summed E-state index contributed by atoms with van der Waals surface area (Å²) in [5, 5.41) is 13.0. The van der Waals surface area contributed by atoms with Crippen molar-refractivity contribution >= 4 is 46.8 Å². The Kier molecular flexibility index (Phi) is 5.38. The molecule has 2 heterocycles. The van der Waals surface area contributed by atoms with E-state index in [2.05, 4.69) is 5.32 Å². The van der Waals surface area contributed by atoms with E-state index in [9.17, 15) is 24.5 Å². The van der Waals surface area contributed by atoms with Crippen molar-refractivity contribution in [2.24, 2.45) is 0 Å². The van der Waals surface area contributed by atoms with Crippen molar-refractivity contribution in [2.75, 3.05) is 5.75 Å². The van der Waals surface area contributed by atoms with Crippen molar-refractivity contribution in [3.63, 3.8) is 0 Å². The average Bonchev–Trinajstić information content (AvgIpc) is 2.64. The minimum Gasteiger partial charge on any atom is -0.456 e. The van der Waals surface area contributed by atoms with E-state index in [1.54, 1.807) is 0 Å². The number of nitrogens with zero attached hydrogens (tertiary/aromatic N) is 2. The van der Waals surface area contributed by atoms with E-state index in [-0.39, 0.29) is 28.9 Å². The van der Waals surface area contributed by atoms with Gasteiger partial charge in [-0.2, -0.15) is 0 Å². The SMILES string of the molecule is CC(=O)NC1C(=O)N2C(C(=O)OCc3ccc([N+](=O)[O-])cc3)=C(Cl)CS[C@@H]12. The number of nitro groups is 1. The van der Waals surface area contributed by atoms with Crippen molar-refractivity contribution in [1.82, 2.24) is 10.2 Å². The molecule has 0 saturated carbocycles. The Morgan fingerprint density at radius 3 is 2.67 bits per heavy atom. The number of esters is 1. The minimum absolute atomic E-state index is 0.0334. The summed E-state index contributed by atoms with van der Waals surface area (Å²) in [6, 6.07) is 4.86. The lowest BCUT2D eigenvalue weighted by molar-refractivity contribution is -0.384. The van der Waals surface area contributed by atoms with Gasteiger partial charge in [0.05, 0.1) is 9.96 Å². The number of non-ortho nitro benzene ring substituents is 1. The number of hydrogen-bond acceptors (Lipinski definition) is 7. The Bertz CT molecular complexity index is 856. The molecule has 1 aromatic carbocycles. The molecule has 3 rings (SSSR count). The van der Waals surface area contributed by atoms with Crippen LogP contribution in [0.5, 0.6) is 0 Å². The molecule has 0 bridgehead atoms. The molecular weight excluding hydrogens is 398 g/mol. The average molecular weight is 412 g/mol. The third-order valence-corrected chi connectivity index (χ3v) is 5.74. The molecule has 2 amide bonds. The fraction of sp³-hybridized carbons (Fsp3) is 0.312. The fourth-order valence-electron chi connectivity index (χ4n) is 2.72. The first kappa shape index (κ1) is 19.2. The summed E-state index contributed by atoms with van der Waals surface area (Å²) in [5.41, 5.74) is 0.450. The van der Waals surface area contributed by atoms with Gasteiger partial charge in [0.1, 0.15) is 23.7 Å². The van der Waals surface area contributed by atoms with Crippen LogP contribution >= 0.6 is 23.4 Å². The maximum Gasteiger partial charge on any atom is 0.356 e. The number of hydrogen-bond donors (Lipinski definition) is 1. The molecule has 1 unspecified atom stereocenters. The van der Waals surface area contributed by atoms with Crippen LogP contribution in [0, 0.1) is 10.1 Å². The maximum atomic E-state index is 12.5. The van der Waals surface area contributed by atoms with Gasteiger partial charge >= 0.3 is 5.97 Å². The first-order valence-corrected chi connectivity index (χ1v) is 9.23. The number of rotatable bonds is 5. The molecule has 0 aliphatic carbocycles. The highest BCUT2D eigenvalue weighted by atomic mass is 35.5. The summed E-state index contributed by atoms with van der Waals surface area (Å²) >= 11 is 7.47. The van der Waals surface area contributed by atoms with Gasteiger partial charge < -0.3 is 10.1 Å². The molecule has 2 aliphatic heterocycles. The zero-order valence-electron chi connectivity index (χ0n) is 14.0. The second kappa shape index (κ2) is 7.57. The van der Waals surface area contributed by atoms with Crippen molar-refractivity contribution in [3.8, 4) is 0 Å². The number of fused-ring (bicyclic) bond motifs is 1. The quantitative estimate of drug-likeness (QED) is 0.337. The fourth-order valence-corrected chi connectivity index (χ4v) is 4.27. The predicted octanol–water partition coefficient (Wildman–Crippen LogP) is 1.51. The van der Waals surface area contributed by atoms with Gasteiger partial charge in [0.2, 0.25) is 5.91 Å². The Morgan fingerprint density at radius 2 is 2.07 bits per heavy atom. The Labute approximate surface area is 162 Å². The molecule has 1 saturated heterocycles. The highest BCUT2D eigenvalue weighted by Crippen LogP contribution is 2.41. The molecule has 1 fully saturated rings. The topological polar surface area (TPSA) is 119 Å². The number of nitro benzene ring substituents is 1. The number of ether oxygens (including phenoxy) is 1. The van der Waals surface area contributed by atoms with Gasteiger partial charge in [0.15, 0.2) is 0 Å². The van der Waals surface area contributed by atoms with Crippen molar-refractivity contribution in [2.45, 2.75) is 24.9 Å². The number of carbonyl (C=O) groups excluding carboxylic acids is 3. The molecule has 2 atom stereocenters. The van der Waals surface area contributed by atoms with Crippen molar-refractivity contribution in [3.05, 3.63) is 50.7 Å². The van der Waals surface area contributed by atoms with Crippen LogP contribution in [0.15, 0.2) is 35.0 Å². The maximum absolute atomic E-state index is 12.5. The van der Waals surface area contributed by atoms with Crippen LogP contribution in [0.2, 0.25) is 0 Å². The molecule has 0 spiro atoms. The van der Waals surface area contributed by atoms with Crippen LogP contribution in [0.1, 0.15) is 12.5 Å². The zero-order chi connectivity index (χ0) is 19.7. The van der Waals surface area contributed by atoms with Gasteiger partial charge in [-0.05, 0) is 17.7 Å². The van der Waals surface area contributed by atoms with E-state index in [1.165, 1.54) is 47.9 Å². The third kappa shape index (κ3) is 3.76. The standard InChI is InChI=1S/C16H14ClN3O6S/c1-8(21)18-12-14(22)19-13(11(17)7-27-15(12)19)16(23)26-6-9-2-4-10(5-3-9)20(24)25/h2-5,12,15H,6-7H2,1H3,(H,18,21)/t12?,15-/m0/s1. The number of benzene rings is 1. The molecule has 142 valence electrons. The van der Waals surface area contributed by atoms with Crippen LogP contribution < -0.4 is 5.32 Å². The van der Waals surface area contributed by atoms with Gasteiger partial charge in [-0.1, -0.05) is 11.6 Å². The smallest absolute Gasteiger partial charge is 0.356 e. The van der Waals surface area contributed by atoms with Gasteiger partial charge in [-0.15, -0.1) is 11.8 Å². The Balaban J connectivity index is 1.67. The largest absolute Gasteiger partial charge is 0.456 e. The highest BCUT2D eigenvalue weighted by molar-refractivity contribution is 8.00. The highest BCUT2D eigenvalue weighted by Gasteiger charge is 2.54. The van der Waals surface area contributed by atoms with Crippen molar-refractivity contribution < 1.29 is 24.0 Å². The van der Waals surface area contributed by atoms with Gasteiger partial charge in [0, 0.05) is 24.8 Å². The number of thioether (sulfide) groups is 1. The molecule has 2 aliphatic rings. The summed E-state index contributed by atoms with van der Waals surface area (Å²) < 4.78 is 5.21.